The van der Waals surface area contributed by atoms with E-state index in [9.17, 15) is 0 Å². The molecule has 0 radical (unpaired) electrons. The van der Waals surface area contributed by atoms with Gasteiger partial charge in [-0.2, -0.15) is 0 Å². The summed E-state index contributed by atoms with van der Waals surface area (Å²) >= 11 is 0. The van der Waals surface area contributed by atoms with Crippen LogP contribution in [0, 0.1) is 29.1 Å². The molecule has 1 heterocycles. The molecule has 4 aliphatic rings. The Bertz CT molecular complexity index is 820. The van der Waals surface area contributed by atoms with Gasteiger partial charge in [0.25, 0.3) is 0 Å². The van der Waals surface area contributed by atoms with Crippen molar-refractivity contribution in [2.45, 2.75) is 59.8 Å². The molecule has 4 saturated carbocycles. The van der Waals surface area contributed by atoms with Crippen LogP contribution in [0.4, 0.5) is 0 Å². The number of rotatable bonds is 0. The summed E-state index contributed by atoms with van der Waals surface area (Å²) in [6.45, 7) is 9.06. The molecule has 1 N–H and O–H groups in total. The van der Waals surface area contributed by atoms with Crippen LogP contribution in [0.1, 0.15) is 59.8 Å². The van der Waals surface area contributed by atoms with Crippen LogP contribution >= 0.6 is 0 Å². The standard InChI is InChI=1S/C12H9N.C12H20.C2H6/c1-3-7-11-9(5-1)10-6-2-4-8-12(10)13-11;1-12(2)10-4-8-3-9(6-10)7-11(12)5-8;1-2/h1-8,13H;8-11H,3-7H2,1-2H3;1-2H3. The number of fused-ring (bicyclic) bond motifs is 3. The number of hydrogen-bond acceptors (Lipinski definition) is 0. The van der Waals surface area contributed by atoms with E-state index in [4.69, 9.17) is 0 Å². The van der Waals surface area contributed by atoms with Crippen LogP contribution in [0.3, 0.4) is 0 Å². The molecule has 7 rings (SSSR count). The van der Waals surface area contributed by atoms with E-state index in [1.807, 2.05) is 13.8 Å². The minimum Gasteiger partial charge on any atom is -0.355 e. The van der Waals surface area contributed by atoms with Gasteiger partial charge < -0.3 is 4.98 Å². The Morgan fingerprint density at radius 1 is 0.667 bits per heavy atom. The summed E-state index contributed by atoms with van der Waals surface area (Å²) in [5.41, 5.74) is 3.13. The van der Waals surface area contributed by atoms with Crippen molar-refractivity contribution >= 4 is 21.8 Å². The number of H-pyrrole nitrogens is 1. The van der Waals surface area contributed by atoms with Gasteiger partial charge in [-0.05, 0) is 73.3 Å². The average molecular weight is 362 g/mol. The van der Waals surface area contributed by atoms with Crippen LogP contribution in [0.5, 0.6) is 0 Å². The first-order chi connectivity index (χ1) is 13.1. The van der Waals surface area contributed by atoms with Gasteiger partial charge in [-0.3, -0.25) is 0 Å². The molecule has 0 atom stereocenters. The Balaban J connectivity index is 0.000000123. The lowest BCUT2D eigenvalue weighted by atomic mass is 9.46. The third-order valence-electron chi connectivity index (χ3n) is 7.66. The van der Waals surface area contributed by atoms with E-state index in [0.29, 0.717) is 5.41 Å². The van der Waals surface area contributed by atoms with E-state index in [0.717, 1.165) is 23.7 Å². The zero-order valence-corrected chi connectivity index (χ0v) is 17.5. The fourth-order valence-electron chi connectivity index (χ4n) is 6.20. The van der Waals surface area contributed by atoms with Crippen molar-refractivity contribution in [3.05, 3.63) is 48.5 Å². The lowest BCUT2D eigenvalue weighted by molar-refractivity contribution is -0.0876. The van der Waals surface area contributed by atoms with Gasteiger partial charge in [0.05, 0.1) is 0 Å². The largest absolute Gasteiger partial charge is 0.355 e. The van der Waals surface area contributed by atoms with E-state index in [-0.39, 0.29) is 0 Å². The Morgan fingerprint density at radius 3 is 1.52 bits per heavy atom. The van der Waals surface area contributed by atoms with E-state index in [2.05, 4.69) is 67.4 Å². The average Bonchev–Trinajstić information content (AvgIpc) is 3.07. The molecule has 0 saturated heterocycles. The van der Waals surface area contributed by atoms with E-state index in [1.54, 1.807) is 32.1 Å². The minimum atomic E-state index is 0.702. The summed E-state index contributed by atoms with van der Waals surface area (Å²) in [6.07, 6.45) is 7.86. The van der Waals surface area contributed by atoms with Crippen molar-refractivity contribution < 1.29 is 0 Å². The first kappa shape index (κ1) is 18.6. The van der Waals surface area contributed by atoms with Gasteiger partial charge in [-0.1, -0.05) is 64.1 Å². The van der Waals surface area contributed by atoms with Crippen molar-refractivity contribution in [1.82, 2.24) is 4.98 Å². The molecule has 0 amide bonds. The van der Waals surface area contributed by atoms with Gasteiger partial charge in [-0.15, -0.1) is 0 Å². The second-order valence-corrected chi connectivity index (χ2v) is 9.34. The second-order valence-electron chi connectivity index (χ2n) is 9.34. The van der Waals surface area contributed by atoms with Crippen molar-refractivity contribution in [1.29, 1.82) is 0 Å². The molecule has 1 nitrogen and oxygen atoms in total. The number of nitrogens with one attached hydrogen (secondary N) is 1. The number of hydrogen-bond donors (Lipinski definition) is 1. The van der Waals surface area contributed by atoms with Crippen molar-refractivity contribution in [3.8, 4) is 0 Å². The van der Waals surface area contributed by atoms with Crippen LogP contribution in [0.2, 0.25) is 0 Å². The van der Waals surface area contributed by atoms with Crippen LogP contribution < -0.4 is 0 Å². The van der Waals surface area contributed by atoms with Crippen LogP contribution in [0.25, 0.3) is 21.8 Å². The maximum Gasteiger partial charge on any atom is 0.0464 e. The highest BCUT2D eigenvalue weighted by Crippen LogP contribution is 2.61. The quantitative estimate of drug-likeness (QED) is 0.420. The molecule has 0 unspecified atom stereocenters. The molecule has 3 aromatic rings. The number of benzene rings is 2. The third kappa shape index (κ3) is 3.30. The first-order valence-electron chi connectivity index (χ1n) is 11.1. The predicted octanol–water partition coefficient (Wildman–Crippen LogP) is 7.82. The predicted molar refractivity (Wildman–Crippen MR) is 118 cm³/mol. The minimum absolute atomic E-state index is 0.702. The van der Waals surface area contributed by atoms with E-state index in [1.165, 1.54) is 21.8 Å². The Morgan fingerprint density at radius 2 is 1.07 bits per heavy atom. The maximum atomic E-state index is 3.38. The summed E-state index contributed by atoms with van der Waals surface area (Å²) in [5.74, 6) is 4.46. The zero-order chi connectivity index (χ0) is 19.0. The Labute approximate surface area is 164 Å². The summed E-state index contributed by atoms with van der Waals surface area (Å²) in [6, 6.07) is 16.8. The molecule has 4 aliphatic carbocycles. The summed E-state index contributed by atoms with van der Waals surface area (Å²) in [4.78, 5) is 3.38. The Hall–Kier alpha value is -1.76. The van der Waals surface area contributed by atoms with Gasteiger partial charge in [0.15, 0.2) is 0 Å². The lowest BCUT2D eigenvalue weighted by Gasteiger charge is -2.59. The van der Waals surface area contributed by atoms with Gasteiger partial charge in [0.2, 0.25) is 0 Å². The molecular weight excluding hydrogens is 326 g/mol. The topological polar surface area (TPSA) is 15.8 Å². The molecular formula is C26H35N. The SMILES string of the molecule is CC.CC1(C)C2CC3CC(C2)CC1C3.c1ccc2c(c1)[nH]c1ccccc12. The number of para-hydroxylation sites is 2. The van der Waals surface area contributed by atoms with Crippen molar-refractivity contribution in [3.63, 3.8) is 0 Å². The molecule has 1 aromatic heterocycles. The maximum absolute atomic E-state index is 3.38. The first-order valence-corrected chi connectivity index (χ1v) is 11.1. The normalized spacial score (nSPS) is 29.8. The fourth-order valence-corrected chi connectivity index (χ4v) is 6.20. The smallest absolute Gasteiger partial charge is 0.0464 e. The highest BCUT2D eigenvalue weighted by atomic mass is 14.7. The molecule has 0 spiro atoms. The highest BCUT2D eigenvalue weighted by molar-refractivity contribution is 6.06. The lowest BCUT2D eigenvalue weighted by Crippen LogP contribution is -2.49. The molecule has 144 valence electrons. The van der Waals surface area contributed by atoms with Crippen LogP contribution in [-0.2, 0) is 0 Å². The molecule has 4 fully saturated rings. The summed E-state index contributed by atoms with van der Waals surface area (Å²) in [7, 11) is 0. The molecule has 27 heavy (non-hydrogen) atoms. The molecule has 4 bridgehead atoms. The van der Waals surface area contributed by atoms with E-state index >= 15 is 0 Å². The van der Waals surface area contributed by atoms with E-state index < -0.39 is 0 Å². The van der Waals surface area contributed by atoms with Gasteiger partial charge in [0.1, 0.15) is 0 Å². The third-order valence-corrected chi connectivity index (χ3v) is 7.66. The fraction of sp³-hybridized carbons (Fsp3) is 0.538. The Kier molecular flexibility index (Phi) is 5.05. The van der Waals surface area contributed by atoms with Gasteiger partial charge in [0, 0.05) is 21.8 Å². The number of aromatic amines is 1. The van der Waals surface area contributed by atoms with Crippen LogP contribution in [-0.4, -0.2) is 4.98 Å². The number of aromatic nitrogens is 1. The van der Waals surface area contributed by atoms with Crippen molar-refractivity contribution in [2.75, 3.05) is 0 Å². The molecule has 0 aliphatic heterocycles. The molecule has 2 aromatic carbocycles. The highest BCUT2D eigenvalue weighted by Gasteiger charge is 2.52. The zero-order valence-electron chi connectivity index (χ0n) is 17.5. The summed E-state index contributed by atoms with van der Waals surface area (Å²) in [5, 5.41) is 2.61. The van der Waals surface area contributed by atoms with Gasteiger partial charge >= 0.3 is 0 Å². The molecule has 1 heteroatoms. The van der Waals surface area contributed by atoms with Gasteiger partial charge in [-0.25, -0.2) is 0 Å². The monoisotopic (exact) mass is 361 g/mol. The second kappa shape index (κ2) is 7.34. The van der Waals surface area contributed by atoms with Crippen LogP contribution in [0.15, 0.2) is 48.5 Å². The van der Waals surface area contributed by atoms with Crippen molar-refractivity contribution in [2.24, 2.45) is 29.1 Å². The summed E-state index contributed by atoms with van der Waals surface area (Å²) < 4.78 is 0.